The number of halogens is 1. The molecular formula is C33H43ClN2O5S. The van der Waals surface area contributed by atoms with Crippen molar-refractivity contribution in [3.8, 4) is 5.75 Å². The molecule has 2 aliphatic heterocycles. The van der Waals surface area contributed by atoms with Crippen LogP contribution in [-0.4, -0.2) is 51.0 Å². The van der Waals surface area contributed by atoms with Gasteiger partial charge in [-0.2, -0.15) is 0 Å². The van der Waals surface area contributed by atoms with Crippen molar-refractivity contribution >= 4 is 33.2 Å². The Morgan fingerprint density at radius 1 is 1.10 bits per heavy atom. The molecule has 6 rings (SSSR count). The maximum Gasteiger partial charge on any atom is 0.264 e. The Morgan fingerprint density at radius 3 is 2.69 bits per heavy atom. The molecule has 2 bridgehead atoms. The van der Waals surface area contributed by atoms with Crippen molar-refractivity contribution in [2.75, 3.05) is 31.2 Å². The number of sulfonamides is 1. The Kier molecular flexibility index (Phi) is 8.26. The molecule has 1 saturated carbocycles. The summed E-state index contributed by atoms with van der Waals surface area (Å²) in [7, 11) is -3.87. The summed E-state index contributed by atoms with van der Waals surface area (Å²) >= 11 is 6.40. The summed E-state index contributed by atoms with van der Waals surface area (Å²) < 4.78 is 35.3. The van der Waals surface area contributed by atoms with Gasteiger partial charge in [-0.15, -0.1) is 0 Å². The Morgan fingerprint density at radius 2 is 1.93 bits per heavy atom. The summed E-state index contributed by atoms with van der Waals surface area (Å²) in [5, 5.41) is 10.4. The van der Waals surface area contributed by atoms with Gasteiger partial charge in [0.15, 0.2) is 0 Å². The fourth-order valence-corrected chi connectivity index (χ4v) is 9.45. The average Bonchev–Trinajstić information content (AvgIpc) is 3.10. The van der Waals surface area contributed by atoms with Gasteiger partial charge in [0.25, 0.3) is 5.91 Å². The van der Waals surface area contributed by atoms with E-state index in [0.29, 0.717) is 29.8 Å². The average molecular weight is 615 g/mol. The number of carbonyl (C=O) groups excluding carboxylic acids is 1. The zero-order valence-corrected chi connectivity index (χ0v) is 26.2. The number of aliphatic hydroxyl groups is 1. The standard InChI is InChI=1S/C33H43ClN2O5S/c1-21-5-3-6-26(18-37)28-11-8-25(28)17-36-19-33(14-4-7-23-15-27(34)10-12-29(23)33)20-41-31-13-9-24(16-30(31)36)32(38)35-42(39,40)22(21)2/h9-10,12-13,15-16,21-22,25-26,28,37H,3-8,11,14,17-20H2,1-2H3,(H,35,38)/t21-,22+,25-,26-,28?,33-/m0/s1. The molecule has 0 aromatic heterocycles. The highest BCUT2D eigenvalue weighted by atomic mass is 35.5. The van der Waals surface area contributed by atoms with Gasteiger partial charge in [-0.05, 0) is 117 Å². The molecule has 1 unspecified atom stereocenters. The molecule has 0 radical (unpaired) electrons. The van der Waals surface area contributed by atoms with Gasteiger partial charge in [-0.3, -0.25) is 4.79 Å². The Hall–Kier alpha value is -2.29. The second kappa shape index (κ2) is 11.7. The van der Waals surface area contributed by atoms with E-state index in [1.807, 2.05) is 25.1 Å². The first-order valence-electron chi connectivity index (χ1n) is 15.6. The zero-order valence-electron chi connectivity index (χ0n) is 24.6. The van der Waals surface area contributed by atoms with Crippen molar-refractivity contribution < 1.29 is 23.1 Å². The van der Waals surface area contributed by atoms with Crippen LogP contribution < -0.4 is 14.4 Å². The molecule has 0 saturated heterocycles. The number of rotatable bonds is 1. The third-order valence-corrected chi connectivity index (χ3v) is 13.0. The van der Waals surface area contributed by atoms with Crippen LogP contribution in [0.25, 0.3) is 0 Å². The van der Waals surface area contributed by atoms with Gasteiger partial charge in [0.2, 0.25) is 10.0 Å². The highest BCUT2D eigenvalue weighted by molar-refractivity contribution is 7.90. The van der Waals surface area contributed by atoms with Gasteiger partial charge >= 0.3 is 0 Å². The van der Waals surface area contributed by atoms with Crippen molar-refractivity contribution in [1.82, 2.24) is 4.72 Å². The summed E-state index contributed by atoms with van der Waals surface area (Å²) in [6.07, 6.45) is 7.70. The number of carbonyl (C=O) groups is 1. The number of nitrogens with one attached hydrogen (secondary N) is 1. The van der Waals surface area contributed by atoms with Gasteiger partial charge < -0.3 is 14.7 Å². The first-order valence-corrected chi connectivity index (χ1v) is 17.5. The van der Waals surface area contributed by atoms with Crippen LogP contribution in [0.15, 0.2) is 36.4 Å². The highest BCUT2D eigenvalue weighted by Crippen LogP contribution is 2.48. The maximum atomic E-state index is 13.4. The SMILES string of the molecule is C[C@@H]1[C@@H](C)CCC[C@@H](CO)C2CC[C@H]2CN2C[C@@]3(CCCc4cc(Cl)ccc43)COc3ccc(cc32)C(=O)NS1(=O)=O. The first-order chi connectivity index (χ1) is 20.1. The van der Waals surface area contributed by atoms with Crippen molar-refractivity contribution in [2.24, 2.45) is 23.7 Å². The highest BCUT2D eigenvalue weighted by Gasteiger charge is 2.44. The van der Waals surface area contributed by atoms with E-state index in [0.717, 1.165) is 75.2 Å². The maximum absolute atomic E-state index is 13.4. The Bertz CT molecular complexity index is 1450. The van der Waals surface area contributed by atoms with Crippen molar-refractivity contribution in [2.45, 2.75) is 75.9 Å². The molecule has 1 spiro atoms. The quantitative estimate of drug-likeness (QED) is 0.427. The lowest BCUT2D eigenvalue weighted by Gasteiger charge is -2.46. The largest absolute Gasteiger partial charge is 0.490 e. The number of fused-ring (bicyclic) bond motifs is 4. The second-order valence-electron chi connectivity index (χ2n) is 13.3. The van der Waals surface area contributed by atoms with E-state index in [2.05, 4.69) is 21.8 Å². The minimum Gasteiger partial charge on any atom is -0.490 e. The molecule has 2 aromatic rings. The van der Waals surface area contributed by atoms with Crippen molar-refractivity contribution in [3.05, 3.63) is 58.1 Å². The predicted molar refractivity (Wildman–Crippen MR) is 166 cm³/mol. The number of nitrogens with zero attached hydrogens (tertiary/aromatic N) is 1. The zero-order chi connectivity index (χ0) is 29.6. The van der Waals surface area contributed by atoms with Crippen LogP contribution in [0.1, 0.15) is 80.3 Å². The third kappa shape index (κ3) is 5.55. The molecule has 228 valence electrons. The molecular weight excluding hydrogens is 572 g/mol. The van der Waals surface area contributed by atoms with E-state index in [-0.39, 0.29) is 23.9 Å². The van der Waals surface area contributed by atoms with Crippen LogP contribution in [0.3, 0.4) is 0 Å². The molecule has 6 atom stereocenters. The number of hydrogen-bond donors (Lipinski definition) is 2. The van der Waals surface area contributed by atoms with Gasteiger partial charge in [-0.1, -0.05) is 31.0 Å². The van der Waals surface area contributed by atoms with E-state index in [4.69, 9.17) is 16.3 Å². The van der Waals surface area contributed by atoms with Gasteiger partial charge in [0, 0.05) is 35.7 Å². The monoisotopic (exact) mass is 614 g/mol. The molecule has 9 heteroatoms. The van der Waals surface area contributed by atoms with E-state index in [1.165, 1.54) is 11.1 Å². The summed E-state index contributed by atoms with van der Waals surface area (Å²) in [6, 6.07) is 11.5. The number of aliphatic hydroxyl groups excluding tert-OH is 1. The lowest BCUT2D eigenvalue weighted by Crippen LogP contribution is -2.49. The molecule has 2 aromatic carbocycles. The fraction of sp³-hybridized carbons (Fsp3) is 0.606. The van der Waals surface area contributed by atoms with Crippen LogP contribution in [0.5, 0.6) is 5.75 Å². The summed E-state index contributed by atoms with van der Waals surface area (Å²) in [5.74, 6) is 1.05. The van der Waals surface area contributed by atoms with Gasteiger partial charge in [0.05, 0.1) is 17.5 Å². The number of ether oxygens (including phenoxy) is 1. The van der Waals surface area contributed by atoms with Gasteiger partial charge in [-0.25, -0.2) is 13.1 Å². The number of anilines is 1. The normalized spacial score (nSPS) is 32.9. The predicted octanol–water partition coefficient (Wildman–Crippen LogP) is 5.72. The molecule has 2 N–H and O–H groups in total. The number of hydrogen-bond acceptors (Lipinski definition) is 6. The van der Waals surface area contributed by atoms with Gasteiger partial charge in [0.1, 0.15) is 5.75 Å². The molecule has 42 heavy (non-hydrogen) atoms. The molecule has 2 heterocycles. The van der Waals surface area contributed by atoms with Crippen molar-refractivity contribution in [3.63, 3.8) is 0 Å². The van der Waals surface area contributed by atoms with Crippen molar-refractivity contribution in [1.29, 1.82) is 0 Å². The smallest absolute Gasteiger partial charge is 0.264 e. The van der Waals surface area contributed by atoms with E-state index in [1.54, 1.807) is 13.0 Å². The molecule has 7 nitrogen and oxygen atoms in total. The summed E-state index contributed by atoms with van der Waals surface area (Å²) in [4.78, 5) is 15.7. The molecule has 1 amide bonds. The minimum atomic E-state index is -3.87. The molecule has 2 aliphatic carbocycles. The lowest BCUT2D eigenvalue weighted by atomic mass is 9.65. The lowest BCUT2D eigenvalue weighted by molar-refractivity contribution is 0.0569. The van der Waals surface area contributed by atoms with E-state index >= 15 is 0 Å². The summed E-state index contributed by atoms with van der Waals surface area (Å²) in [6.45, 7) is 5.83. The fourth-order valence-electron chi connectivity index (χ4n) is 7.94. The first kappa shape index (κ1) is 29.8. The Balaban J connectivity index is 1.42. The van der Waals surface area contributed by atoms with Crippen LogP contribution in [0.2, 0.25) is 5.02 Å². The number of amides is 1. The van der Waals surface area contributed by atoms with Crippen LogP contribution in [0, 0.1) is 23.7 Å². The second-order valence-corrected chi connectivity index (χ2v) is 15.8. The topological polar surface area (TPSA) is 95.9 Å². The minimum absolute atomic E-state index is 0.111. The third-order valence-electron chi connectivity index (χ3n) is 10.8. The number of benzene rings is 2. The van der Waals surface area contributed by atoms with Crippen LogP contribution in [0.4, 0.5) is 5.69 Å². The molecule has 4 aliphatic rings. The number of aryl methyl sites for hydroxylation is 1. The van der Waals surface area contributed by atoms with E-state index < -0.39 is 21.2 Å². The molecule has 1 fully saturated rings. The van der Waals surface area contributed by atoms with Crippen LogP contribution in [-0.2, 0) is 21.9 Å². The van der Waals surface area contributed by atoms with Crippen LogP contribution >= 0.6 is 11.6 Å². The Labute approximate surface area is 255 Å². The van der Waals surface area contributed by atoms with E-state index in [9.17, 15) is 18.3 Å². The summed E-state index contributed by atoms with van der Waals surface area (Å²) in [5.41, 5.74) is 3.46.